The molecule has 38 heavy (non-hydrogen) atoms. The molecule has 0 fully saturated rings. The molecule has 5 heteroatoms. The molecule has 4 rings (SSSR count). The van der Waals surface area contributed by atoms with Gasteiger partial charge in [-0.2, -0.15) is 0 Å². The summed E-state index contributed by atoms with van der Waals surface area (Å²) >= 11 is 6.43. The Balaban J connectivity index is 1.61. The third-order valence-corrected chi connectivity index (χ3v) is 6.81. The predicted molar refractivity (Wildman–Crippen MR) is 161 cm³/mol. The van der Waals surface area contributed by atoms with Crippen LogP contribution in [0.1, 0.15) is 38.7 Å². The molecule has 0 saturated carbocycles. The number of carbonyl (C=O) groups excluding carboxylic acids is 1. The Morgan fingerprint density at radius 2 is 1.58 bits per heavy atom. The molecule has 0 aliphatic heterocycles. The topological polar surface area (TPSA) is 44.4 Å². The Hall–Kier alpha value is -3.86. The molecule has 0 aliphatic rings. The second-order valence-electron chi connectivity index (χ2n) is 9.84. The SMILES string of the molecule is C=C(Nc1ccccc1C)c1ccc(Cl)cc1-c1ccc(C(=O)N[C@H](CN(C)C)c2ccccc2)cc1C. The van der Waals surface area contributed by atoms with E-state index in [1.54, 1.807) is 0 Å². The van der Waals surface area contributed by atoms with Crippen molar-refractivity contribution in [2.24, 2.45) is 0 Å². The van der Waals surface area contributed by atoms with Gasteiger partial charge in [-0.05, 0) is 86.1 Å². The number of anilines is 1. The highest BCUT2D eigenvalue weighted by Crippen LogP contribution is 2.34. The van der Waals surface area contributed by atoms with E-state index in [0.717, 1.165) is 44.8 Å². The Bertz CT molecular complexity index is 1450. The first kappa shape index (κ1) is 27.2. The van der Waals surface area contributed by atoms with Gasteiger partial charge in [0, 0.05) is 34.1 Å². The maximum Gasteiger partial charge on any atom is 0.251 e. The summed E-state index contributed by atoms with van der Waals surface area (Å²) in [7, 11) is 4.01. The van der Waals surface area contributed by atoms with Crippen LogP contribution in [0.2, 0.25) is 5.02 Å². The van der Waals surface area contributed by atoms with Gasteiger partial charge in [-0.1, -0.05) is 78.8 Å². The van der Waals surface area contributed by atoms with Gasteiger partial charge in [0.05, 0.1) is 6.04 Å². The molecule has 4 aromatic rings. The normalized spacial score (nSPS) is 11.7. The summed E-state index contributed by atoms with van der Waals surface area (Å²) < 4.78 is 0. The minimum absolute atomic E-state index is 0.104. The number of halogens is 1. The quantitative estimate of drug-likeness (QED) is 0.236. The van der Waals surface area contributed by atoms with Gasteiger partial charge >= 0.3 is 0 Å². The third kappa shape index (κ3) is 6.52. The van der Waals surface area contributed by atoms with E-state index >= 15 is 0 Å². The summed E-state index contributed by atoms with van der Waals surface area (Å²) in [6.45, 7) is 9.10. The second-order valence-corrected chi connectivity index (χ2v) is 10.3. The molecule has 0 saturated heterocycles. The van der Waals surface area contributed by atoms with Crippen LogP contribution in [0.5, 0.6) is 0 Å². The van der Waals surface area contributed by atoms with Crippen molar-refractivity contribution < 1.29 is 4.79 Å². The van der Waals surface area contributed by atoms with Crippen molar-refractivity contribution in [3.05, 3.63) is 130 Å². The molecule has 0 unspecified atom stereocenters. The van der Waals surface area contributed by atoms with Gasteiger partial charge in [0.2, 0.25) is 0 Å². The standard InChI is InChI=1S/C33H34ClN3O/c1-22-11-9-10-14-31(22)35-24(3)29-18-16-27(34)20-30(29)28-17-15-26(19-23(28)2)33(38)36-32(21-37(4)5)25-12-7-6-8-13-25/h6-20,32,35H,3,21H2,1-2,4-5H3,(H,36,38)/t32-/m1/s1. The molecular weight excluding hydrogens is 490 g/mol. The average Bonchev–Trinajstić information content (AvgIpc) is 2.89. The van der Waals surface area contributed by atoms with E-state index in [2.05, 4.69) is 35.1 Å². The molecule has 2 N–H and O–H groups in total. The van der Waals surface area contributed by atoms with E-state index in [1.807, 2.05) is 106 Å². The van der Waals surface area contributed by atoms with Crippen LogP contribution >= 0.6 is 11.6 Å². The minimum Gasteiger partial charge on any atom is -0.355 e. The Labute approximate surface area is 231 Å². The van der Waals surface area contributed by atoms with Crippen LogP contribution in [-0.4, -0.2) is 31.4 Å². The van der Waals surface area contributed by atoms with Gasteiger partial charge in [0.1, 0.15) is 0 Å². The van der Waals surface area contributed by atoms with Crippen molar-refractivity contribution in [1.29, 1.82) is 0 Å². The average molecular weight is 524 g/mol. The zero-order chi connectivity index (χ0) is 27.2. The molecule has 0 heterocycles. The summed E-state index contributed by atoms with van der Waals surface area (Å²) in [6.07, 6.45) is 0. The lowest BCUT2D eigenvalue weighted by Crippen LogP contribution is -2.35. The van der Waals surface area contributed by atoms with Crippen LogP contribution in [-0.2, 0) is 0 Å². The number of benzene rings is 4. The third-order valence-electron chi connectivity index (χ3n) is 6.57. The Morgan fingerprint density at radius 1 is 0.868 bits per heavy atom. The van der Waals surface area contributed by atoms with Crippen molar-refractivity contribution >= 4 is 28.9 Å². The number of hydrogen-bond donors (Lipinski definition) is 2. The largest absolute Gasteiger partial charge is 0.355 e. The fraction of sp³-hybridized carbons (Fsp3) is 0.182. The molecule has 1 atom stereocenters. The van der Waals surface area contributed by atoms with Gasteiger partial charge in [0.15, 0.2) is 0 Å². The zero-order valence-electron chi connectivity index (χ0n) is 22.4. The first-order valence-electron chi connectivity index (χ1n) is 12.7. The van der Waals surface area contributed by atoms with Crippen LogP contribution in [0.4, 0.5) is 5.69 Å². The molecule has 4 nitrogen and oxygen atoms in total. The number of hydrogen-bond acceptors (Lipinski definition) is 3. The Kier molecular flexibility index (Phi) is 8.67. The van der Waals surface area contributed by atoms with E-state index in [0.29, 0.717) is 17.1 Å². The van der Waals surface area contributed by atoms with Crippen LogP contribution in [0.25, 0.3) is 16.8 Å². The summed E-state index contributed by atoms with van der Waals surface area (Å²) in [5.74, 6) is -0.104. The lowest BCUT2D eigenvalue weighted by Gasteiger charge is -2.23. The van der Waals surface area contributed by atoms with E-state index in [-0.39, 0.29) is 11.9 Å². The van der Waals surface area contributed by atoms with Crippen molar-refractivity contribution in [1.82, 2.24) is 10.2 Å². The van der Waals surface area contributed by atoms with Gasteiger partial charge in [0.25, 0.3) is 5.91 Å². The molecular formula is C33H34ClN3O. The lowest BCUT2D eigenvalue weighted by molar-refractivity contribution is 0.0930. The molecule has 1 amide bonds. The fourth-order valence-electron chi connectivity index (χ4n) is 4.58. The summed E-state index contributed by atoms with van der Waals surface area (Å²) in [5, 5.41) is 7.31. The second kappa shape index (κ2) is 12.1. The highest BCUT2D eigenvalue weighted by Gasteiger charge is 2.18. The van der Waals surface area contributed by atoms with Gasteiger partial charge in [-0.25, -0.2) is 0 Å². The summed E-state index contributed by atoms with van der Waals surface area (Å²) in [4.78, 5) is 15.4. The lowest BCUT2D eigenvalue weighted by atomic mass is 9.93. The molecule has 0 aliphatic carbocycles. The predicted octanol–water partition coefficient (Wildman–Crippen LogP) is 7.74. The molecule has 194 valence electrons. The maximum absolute atomic E-state index is 13.3. The fourth-order valence-corrected chi connectivity index (χ4v) is 4.75. The number of nitrogens with one attached hydrogen (secondary N) is 2. The molecule has 0 aromatic heterocycles. The van der Waals surface area contributed by atoms with Crippen LogP contribution in [0, 0.1) is 13.8 Å². The summed E-state index contributed by atoms with van der Waals surface area (Å²) in [6, 6.07) is 29.7. The van der Waals surface area contributed by atoms with Crippen molar-refractivity contribution in [3.8, 4) is 11.1 Å². The van der Waals surface area contributed by atoms with Crippen molar-refractivity contribution in [2.75, 3.05) is 26.0 Å². The van der Waals surface area contributed by atoms with Crippen molar-refractivity contribution in [2.45, 2.75) is 19.9 Å². The zero-order valence-corrected chi connectivity index (χ0v) is 23.1. The van der Waals surface area contributed by atoms with Crippen LogP contribution < -0.4 is 10.6 Å². The Morgan fingerprint density at radius 3 is 2.26 bits per heavy atom. The van der Waals surface area contributed by atoms with E-state index in [4.69, 9.17) is 11.6 Å². The molecule has 4 aromatic carbocycles. The van der Waals surface area contributed by atoms with E-state index < -0.39 is 0 Å². The molecule has 0 radical (unpaired) electrons. The van der Waals surface area contributed by atoms with Gasteiger partial charge in [-0.15, -0.1) is 0 Å². The smallest absolute Gasteiger partial charge is 0.251 e. The van der Waals surface area contributed by atoms with Crippen LogP contribution in [0.15, 0.2) is 97.6 Å². The molecule has 0 bridgehead atoms. The van der Waals surface area contributed by atoms with E-state index in [9.17, 15) is 4.79 Å². The number of rotatable bonds is 9. The first-order chi connectivity index (χ1) is 18.2. The molecule has 0 spiro atoms. The number of likely N-dealkylation sites (N-methyl/N-ethyl adjacent to an activating group) is 1. The monoisotopic (exact) mass is 523 g/mol. The highest BCUT2D eigenvalue weighted by atomic mass is 35.5. The van der Waals surface area contributed by atoms with Gasteiger partial charge in [-0.3, -0.25) is 4.79 Å². The number of carbonyl (C=O) groups is 1. The number of amides is 1. The van der Waals surface area contributed by atoms with Gasteiger partial charge < -0.3 is 15.5 Å². The first-order valence-corrected chi connectivity index (χ1v) is 13.0. The number of para-hydroxylation sites is 1. The number of aryl methyl sites for hydroxylation is 2. The highest BCUT2D eigenvalue weighted by molar-refractivity contribution is 6.31. The maximum atomic E-state index is 13.3. The summed E-state index contributed by atoms with van der Waals surface area (Å²) in [5.41, 5.74) is 8.51. The van der Waals surface area contributed by atoms with Crippen molar-refractivity contribution in [3.63, 3.8) is 0 Å². The van der Waals surface area contributed by atoms with Crippen LogP contribution in [0.3, 0.4) is 0 Å². The number of nitrogens with zero attached hydrogens (tertiary/aromatic N) is 1. The minimum atomic E-state index is -0.117. The van der Waals surface area contributed by atoms with E-state index in [1.165, 1.54) is 0 Å².